The highest BCUT2D eigenvalue weighted by Gasteiger charge is 2.31. The summed E-state index contributed by atoms with van der Waals surface area (Å²) < 4.78 is 27.4. The maximum absolute atomic E-state index is 13.7. The van der Waals surface area contributed by atoms with Crippen LogP contribution in [0.5, 0.6) is 0 Å². The highest BCUT2D eigenvalue weighted by atomic mass is 19.1. The number of rotatable bonds is 2. The second kappa shape index (κ2) is 9.63. The van der Waals surface area contributed by atoms with Crippen LogP contribution in [0.4, 0.5) is 14.5 Å². The SMILES string of the molecule is [C-]#[N+]/N=c1/c(-c2ccc(F)cc2)c(C#N)c2c(C#N)c3c([N+]#[C-])c(-c4ccc(F)cc4)c(=NC#N)c3c(C#N)c12. The molecule has 0 radical (unpaired) electrons. The van der Waals surface area contributed by atoms with Crippen molar-refractivity contribution in [3.05, 3.63) is 111 Å². The van der Waals surface area contributed by atoms with Gasteiger partial charge in [0.05, 0.1) is 39.8 Å². The number of fused-ring (bicyclic) bond motifs is 2. The maximum atomic E-state index is 13.7. The van der Waals surface area contributed by atoms with Crippen LogP contribution in [-0.2, 0) is 0 Å². The number of benzene rings is 3. The van der Waals surface area contributed by atoms with E-state index in [0.29, 0.717) is 11.1 Å². The molecule has 0 unspecified atom stereocenters. The largest absolute Gasteiger partial charge is 0.237 e. The predicted molar refractivity (Wildman–Crippen MR) is 138 cm³/mol. The Morgan fingerprint density at radius 3 is 1.60 bits per heavy atom. The molecular weight excluding hydrogens is 510 g/mol. The van der Waals surface area contributed by atoms with Crippen LogP contribution in [0.25, 0.3) is 53.6 Å². The lowest BCUT2D eigenvalue weighted by Gasteiger charge is -2.03. The minimum atomic E-state index is -0.547. The minimum absolute atomic E-state index is 0.0139. The molecule has 0 N–H and O–H groups in total. The van der Waals surface area contributed by atoms with Crippen LogP contribution >= 0.6 is 0 Å². The van der Waals surface area contributed by atoms with Crippen LogP contribution in [0.3, 0.4) is 0 Å². The van der Waals surface area contributed by atoms with Crippen LogP contribution in [0.2, 0.25) is 0 Å². The first kappa shape index (κ1) is 25.0. The summed E-state index contributed by atoms with van der Waals surface area (Å²) in [6, 6.07) is 16.2. The molecule has 0 bridgehead atoms. The first-order valence-electron chi connectivity index (χ1n) is 11.2. The van der Waals surface area contributed by atoms with E-state index in [0.717, 1.165) is 24.3 Å². The van der Waals surface area contributed by atoms with Gasteiger partial charge in [0.2, 0.25) is 11.9 Å². The van der Waals surface area contributed by atoms with Gasteiger partial charge in [-0.25, -0.2) is 13.6 Å². The van der Waals surface area contributed by atoms with Gasteiger partial charge in [-0.2, -0.15) is 32.6 Å². The Bertz CT molecular complexity index is 2130. The van der Waals surface area contributed by atoms with Gasteiger partial charge < -0.3 is 0 Å². The molecule has 0 aliphatic carbocycles. The fourth-order valence-corrected chi connectivity index (χ4v) is 4.99. The summed E-state index contributed by atoms with van der Waals surface area (Å²) in [4.78, 5) is 10.6. The molecular formula is C30H8F2N8. The van der Waals surface area contributed by atoms with Gasteiger partial charge in [0.25, 0.3) is 0 Å². The van der Waals surface area contributed by atoms with Crippen molar-refractivity contribution in [2.45, 2.75) is 0 Å². The lowest BCUT2D eigenvalue weighted by molar-refractivity contribution is 0.627. The van der Waals surface area contributed by atoms with Gasteiger partial charge in [-0.1, -0.05) is 24.3 Å². The molecule has 0 heterocycles. The Labute approximate surface area is 224 Å². The van der Waals surface area contributed by atoms with Crippen LogP contribution in [-0.4, -0.2) is 0 Å². The summed E-state index contributed by atoms with van der Waals surface area (Å²) in [7, 11) is 0. The lowest BCUT2D eigenvalue weighted by atomic mass is 9.95. The van der Waals surface area contributed by atoms with E-state index in [-0.39, 0.29) is 65.8 Å². The van der Waals surface area contributed by atoms with Crippen molar-refractivity contribution in [3.8, 4) is 46.7 Å². The van der Waals surface area contributed by atoms with E-state index in [9.17, 15) is 29.8 Å². The summed E-state index contributed by atoms with van der Waals surface area (Å²) in [5.41, 5.74) is 0.282. The molecule has 40 heavy (non-hydrogen) atoms. The minimum Gasteiger partial charge on any atom is -0.237 e. The summed E-state index contributed by atoms with van der Waals surface area (Å²) in [5.74, 6) is -1.09. The summed E-state index contributed by atoms with van der Waals surface area (Å²) >= 11 is 0. The van der Waals surface area contributed by atoms with E-state index in [4.69, 9.17) is 13.1 Å². The Morgan fingerprint density at radius 2 is 1.12 bits per heavy atom. The maximum Gasteiger partial charge on any atom is 0.206 e. The first-order valence-corrected chi connectivity index (χ1v) is 11.2. The van der Waals surface area contributed by atoms with Crippen molar-refractivity contribution in [2.75, 3.05) is 0 Å². The zero-order valence-corrected chi connectivity index (χ0v) is 20.0. The monoisotopic (exact) mass is 518 g/mol. The molecule has 0 aromatic heterocycles. The van der Waals surface area contributed by atoms with E-state index < -0.39 is 11.6 Å². The van der Waals surface area contributed by atoms with E-state index in [1.54, 1.807) is 6.19 Å². The second-order valence-corrected chi connectivity index (χ2v) is 8.29. The predicted octanol–water partition coefficient (Wildman–Crippen LogP) is 5.76. The second-order valence-electron chi connectivity index (χ2n) is 8.29. The molecule has 0 spiro atoms. The fraction of sp³-hybridized carbons (Fsp3) is 0. The number of nitriles is 4. The van der Waals surface area contributed by atoms with E-state index in [1.807, 2.05) is 18.2 Å². The number of hydrogen-bond donors (Lipinski definition) is 0. The average Bonchev–Trinajstić information content (AvgIpc) is 3.46. The molecule has 5 aromatic carbocycles. The average molecular weight is 518 g/mol. The number of hydrogen-bond acceptors (Lipinski definition) is 6. The zero-order valence-electron chi connectivity index (χ0n) is 20.0. The standard InChI is InChI=1S/C30H8F2N8/c1-37-28-23(16-5-9-18(32)10-6-16)29(39-14-36)27-21(13-35)25-24(20(12-34)26(27)28)19(11-33)22(30(25)40-38-2)15-3-7-17(31)8-4-15/h3-10H/b39-29?,40-30-. The van der Waals surface area contributed by atoms with Gasteiger partial charge in [-0.15, -0.1) is 4.95 Å². The number of nitrogens with zero attached hydrogens (tertiary/aromatic N) is 8. The third-order valence-corrected chi connectivity index (χ3v) is 6.45. The Balaban J connectivity index is 2.19. The Hall–Kier alpha value is -6.72. The third-order valence-electron chi connectivity index (χ3n) is 6.45. The van der Waals surface area contributed by atoms with Crippen LogP contribution in [0, 0.1) is 70.2 Å². The van der Waals surface area contributed by atoms with Crippen molar-refractivity contribution in [2.24, 2.45) is 10.1 Å². The van der Waals surface area contributed by atoms with Gasteiger partial charge in [0, 0.05) is 32.7 Å². The van der Waals surface area contributed by atoms with Gasteiger partial charge >= 0.3 is 0 Å². The summed E-state index contributed by atoms with van der Waals surface area (Å²) in [6.45, 7) is 15.4. The van der Waals surface area contributed by atoms with Crippen LogP contribution in [0.15, 0.2) is 58.6 Å². The van der Waals surface area contributed by atoms with Gasteiger partial charge in [0.1, 0.15) is 23.8 Å². The Kier molecular flexibility index (Phi) is 6.00. The van der Waals surface area contributed by atoms with Crippen molar-refractivity contribution in [3.63, 3.8) is 0 Å². The van der Waals surface area contributed by atoms with Crippen molar-refractivity contribution >= 4 is 27.2 Å². The highest BCUT2D eigenvalue weighted by Crippen LogP contribution is 2.44. The molecule has 0 aliphatic rings. The van der Waals surface area contributed by atoms with Crippen LogP contribution in [0.1, 0.15) is 16.7 Å². The molecule has 5 rings (SSSR count). The summed E-state index contributed by atoms with van der Waals surface area (Å²) in [6.07, 6.45) is 1.67. The quantitative estimate of drug-likeness (QED) is 0.167. The molecule has 8 nitrogen and oxygen atoms in total. The molecule has 0 saturated carbocycles. The zero-order chi connectivity index (χ0) is 28.6. The molecule has 10 heteroatoms. The normalized spacial score (nSPS) is 11.4. The molecule has 0 amide bonds. The van der Waals surface area contributed by atoms with Gasteiger partial charge in [-0.3, -0.25) is 0 Å². The fourth-order valence-electron chi connectivity index (χ4n) is 4.99. The smallest absolute Gasteiger partial charge is 0.206 e. The Morgan fingerprint density at radius 1 is 0.625 bits per heavy atom. The molecule has 5 aromatic rings. The van der Waals surface area contributed by atoms with E-state index in [1.165, 1.54) is 24.3 Å². The van der Waals surface area contributed by atoms with Gasteiger partial charge in [-0.05, 0) is 35.4 Å². The van der Waals surface area contributed by atoms with Crippen molar-refractivity contribution in [1.29, 1.82) is 21.0 Å². The molecule has 0 atom stereocenters. The van der Waals surface area contributed by atoms with E-state index in [2.05, 4.69) is 19.9 Å². The number of halogens is 2. The van der Waals surface area contributed by atoms with Gasteiger partial charge in [0.15, 0.2) is 5.36 Å². The topological polar surface area (TPSA) is 129 Å². The third kappa shape index (κ3) is 3.44. The molecule has 182 valence electrons. The van der Waals surface area contributed by atoms with Crippen molar-refractivity contribution < 1.29 is 8.78 Å². The molecule has 0 fully saturated rings. The first-order chi connectivity index (χ1) is 19.4. The molecule has 0 aliphatic heterocycles. The van der Waals surface area contributed by atoms with Crippen LogP contribution < -0.4 is 10.7 Å². The highest BCUT2D eigenvalue weighted by molar-refractivity contribution is 6.21. The molecule has 0 saturated heterocycles. The van der Waals surface area contributed by atoms with Crippen molar-refractivity contribution in [1.82, 2.24) is 0 Å². The summed E-state index contributed by atoms with van der Waals surface area (Å²) in [5, 5.41) is 44.2. The van der Waals surface area contributed by atoms with E-state index >= 15 is 0 Å². The lowest BCUT2D eigenvalue weighted by Crippen LogP contribution is -2.07.